The number of likely N-dealkylation sites (tertiary alicyclic amines) is 1. The fourth-order valence-electron chi connectivity index (χ4n) is 2.40. The van der Waals surface area contributed by atoms with Gasteiger partial charge in [-0.1, -0.05) is 6.07 Å². The molecule has 0 aliphatic carbocycles. The molecule has 1 aromatic carbocycles. The maximum Gasteiger partial charge on any atom is 0.303 e. The zero-order valence-electron chi connectivity index (χ0n) is 10.0. The van der Waals surface area contributed by atoms with E-state index in [1.54, 1.807) is 12.1 Å². The Bertz CT molecular complexity index is 447. The Labute approximate surface area is 105 Å². The summed E-state index contributed by atoms with van der Waals surface area (Å²) in [5.74, 6) is -0.768. The summed E-state index contributed by atoms with van der Waals surface area (Å²) in [6.45, 7) is 2.32. The molecule has 1 unspecified atom stereocenters. The lowest BCUT2D eigenvalue weighted by Gasteiger charge is -2.16. The second-order valence-corrected chi connectivity index (χ2v) is 4.81. The van der Waals surface area contributed by atoms with Crippen molar-refractivity contribution in [3.05, 3.63) is 23.8 Å². The summed E-state index contributed by atoms with van der Waals surface area (Å²) in [6, 6.07) is 4.77. The van der Waals surface area contributed by atoms with Gasteiger partial charge in [0.1, 0.15) is 0 Å². The van der Waals surface area contributed by atoms with E-state index in [2.05, 4.69) is 4.90 Å². The van der Waals surface area contributed by atoms with Gasteiger partial charge in [0.15, 0.2) is 11.5 Å². The van der Waals surface area contributed by atoms with Gasteiger partial charge in [0.2, 0.25) is 0 Å². The van der Waals surface area contributed by atoms with Crippen molar-refractivity contribution in [3.8, 4) is 11.5 Å². The zero-order chi connectivity index (χ0) is 13.1. The van der Waals surface area contributed by atoms with E-state index in [1.165, 1.54) is 6.07 Å². The summed E-state index contributed by atoms with van der Waals surface area (Å²) < 4.78 is 0. The van der Waals surface area contributed by atoms with Gasteiger partial charge in [-0.25, -0.2) is 0 Å². The van der Waals surface area contributed by atoms with Crippen molar-refractivity contribution >= 4 is 5.97 Å². The van der Waals surface area contributed by atoms with Gasteiger partial charge in [0, 0.05) is 19.5 Å². The highest BCUT2D eigenvalue weighted by Gasteiger charge is 2.24. The van der Waals surface area contributed by atoms with Crippen LogP contribution in [-0.4, -0.2) is 39.3 Å². The van der Waals surface area contributed by atoms with Gasteiger partial charge in [0.25, 0.3) is 0 Å². The summed E-state index contributed by atoms with van der Waals surface area (Å²) in [5.41, 5.74) is 0.918. The minimum Gasteiger partial charge on any atom is -0.504 e. The summed E-state index contributed by atoms with van der Waals surface area (Å²) in [4.78, 5) is 12.8. The molecule has 0 radical (unpaired) electrons. The molecule has 1 heterocycles. The van der Waals surface area contributed by atoms with Crippen LogP contribution in [0, 0.1) is 5.92 Å². The first-order valence-electron chi connectivity index (χ1n) is 5.99. The lowest BCUT2D eigenvalue weighted by molar-refractivity contribution is -0.138. The number of benzene rings is 1. The van der Waals surface area contributed by atoms with Crippen LogP contribution in [0.25, 0.3) is 0 Å². The number of hydrogen-bond donors (Lipinski definition) is 3. The zero-order valence-corrected chi connectivity index (χ0v) is 10.0. The maximum absolute atomic E-state index is 10.6. The molecule has 1 atom stereocenters. The predicted octanol–water partition coefficient (Wildman–Crippen LogP) is 1.39. The van der Waals surface area contributed by atoms with E-state index in [9.17, 15) is 15.0 Å². The first-order chi connectivity index (χ1) is 8.54. The minimum absolute atomic E-state index is 0.117. The second-order valence-electron chi connectivity index (χ2n) is 4.81. The van der Waals surface area contributed by atoms with Crippen LogP contribution >= 0.6 is 0 Å². The summed E-state index contributed by atoms with van der Waals surface area (Å²) in [5, 5.41) is 27.4. The summed E-state index contributed by atoms with van der Waals surface area (Å²) in [6.07, 6.45) is 1.12. The SMILES string of the molecule is O=C(O)CC1CCN(Cc2ccc(O)c(O)c2)C1. The number of carbonyl (C=O) groups is 1. The predicted molar refractivity (Wildman–Crippen MR) is 65.4 cm³/mol. The topological polar surface area (TPSA) is 81.0 Å². The second kappa shape index (κ2) is 5.27. The third-order valence-corrected chi connectivity index (χ3v) is 3.28. The van der Waals surface area contributed by atoms with Gasteiger partial charge in [-0.2, -0.15) is 0 Å². The van der Waals surface area contributed by atoms with Crippen LogP contribution in [-0.2, 0) is 11.3 Å². The molecule has 1 aromatic rings. The van der Waals surface area contributed by atoms with Crippen LogP contribution in [0.5, 0.6) is 11.5 Å². The van der Waals surface area contributed by atoms with E-state index in [1.807, 2.05) is 0 Å². The maximum atomic E-state index is 10.6. The molecule has 0 saturated carbocycles. The number of hydrogen-bond acceptors (Lipinski definition) is 4. The van der Waals surface area contributed by atoms with Crippen LogP contribution in [0.2, 0.25) is 0 Å². The van der Waals surface area contributed by atoms with Crippen LogP contribution in [0.1, 0.15) is 18.4 Å². The fraction of sp³-hybridized carbons (Fsp3) is 0.462. The van der Waals surface area contributed by atoms with Gasteiger partial charge in [-0.15, -0.1) is 0 Å². The number of nitrogens with zero attached hydrogens (tertiary/aromatic N) is 1. The van der Waals surface area contributed by atoms with Gasteiger partial charge >= 0.3 is 5.97 Å². The lowest BCUT2D eigenvalue weighted by Crippen LogP contribution is -2.20. The quantitative estimate of drug-likeness (QED) is 0.705. The highest BCUT2D eigenvalue weighted by molar-refractivity contribution is 5.67. The van der Waals surface area contributed by atoms with E-state index in [-0.39, 0.29) is 23.8 Å². The number of phenolic OH excluding ortho intramolecular Hbond substituents is 2. The molecule has 18 heavy (non-hydrogen) atoms. The molecule has 98 valence electrons. The number of aliphatic carboxylic acids is 1. The van der Waals surface area contributed by atoms with E-state index in [4.69, 9.17) is 5.11 Å². The van der Waals surface area contributed by atoms with Crippen molar-refractivity contribution in [3.63, 3.8) is 0 Å². The van der Waals surface area contributed by atoms with Crippen LogP contribution in [0.3, 0.4) is 0 Å². The molecular weight excluding hydrogens is 234 g/mol. The van der Waals surface area contributed by atoms with Crippen LogP contribution < -0.4 is 0 Å². The molecule has 1 fully saturated rings. The third kappa shape index (κ3) is 3.13. The molecule has 0 amide bonds. The summed E-state index contributed by atoms with van der Waals surface area (Å²) in [7, 11) is 0. The van der Waals surface area contributed by atoms with Crippen molar-refractivity contribution in [1.82, 2.24) is 4.90 Å². The van der Waals surface area contributed by atoms with Crippen molar-refractivity contribution in [2.24, 2.45) is 5.92 Å². The Hall–Kier alpha value is -1.75. The van der Waals surface area contributed by atoms with Crippen molar-refractivity contribution in [2.45, 2.75) is 19.4 Å². The van der Waals surface area contributed by atoms with E-state index >= 15 is 0 Å². The molecule has 0 aromatic heterocycles. The van der Waals surface area contributed by atoms with Crippen molar-refractivity contribution in [1.29, 1.82) is 0 Å². The van der Waals surface area contributed by atoms with Crippen molar-refractivity contribution in [2.75, 3.05) is 13.1 Å². The lowest BCUT2D eigenvalue weighted by atomic mass is 10.1. The normalized spacial score (nSPS) is 20.1. The van der Waals surface area contributed by atoms with Crippen LogP contribution in [0.4, 0.5) is 0 Å². The molecule has 1 aliphatic rings. The Kier molecular flexibility index (Phi) is 3.72. The minimum atomic E-state index is -0.746. The average Bonchev–Trinajstić information content (AvgIpc) is 2.70. The molecule has 1 saturated heterocycles. The van der Waals surface area contributed by atoms with E-state index in [0.29, 0.717) is 6.54 Å². The number of carboxylic acids is 1. The molecule has 0 bridgehead atoms. The Balaban J connectivity index is 1.91. The number of phenols is 2. The third-order valence-electron chi connectivity index (χ3n) is 3.28. The molecule has 5 heteroatoms. The largest absolute Gasteiger partial charge is 0.504 e. The fourth-order valence-corrected chi connectivity index (χ4v) is 2.40. The molecule has 2 rings (SSSR count). The molecule has 0 spiro atoms. The van der Waals surface area contributed by atoms with Crippen LogP contribution in [0.15, 0.2) is 18.2 Å². The number of rotatable bonds is 4. The Morgan fingerprint density at radius 1 is 1.33 bits per heavy atom. The number of aromatic hydroxyl groups is 2. The Morgan fingerprint density at radius 3 is 2.78 bits per heavy atom. The highest BCUT2D eigenvalue weighted by atomic mass is 16.4. The van der Waals surface area contributed by atoms with Gasteiger partial charge in [-0.05, 0) is 36.6 Å². The first-order valence-corrected chi connectivity index (χ1v) is 5.99. The first kappa shape index (κ1) is 12.7. The standard InChI is InChI=1S/C13H17NO4/c15-11-2-1-9(5-12(11)16)7-14-4-3-10(8-14)6-13(17)18/h1-2,5,10,15-16H,3-4,6-8H2,(H,17,18). The molecular formula is C13H17NO4. The average molecular weight is 251 g/mol. The van der Waals surface area contributed by atoms with Gasteiger partial charge in [-0.3, -0.25) is 9.69 Å². The van der Waals surface area contributed by atoms with Crippen molar-refractivity contribution < 1.29 is 20.1 Å². The van der Waals surface area contributed by atoms with E-state index < -0.39 is 5.97 Å². The Morgan fingerprint density at radius 2 is 2.11 bits per heavy atom. The monoisotopic (exact) mass is 251 g/mol. The molecule has 1 aliphatic heterocycles. The molecule has 5 nitrogen and oxygen atoms in total. The highest BCUT2D eigenvalue weighted by Crippen LogP contribution is 2.27. The number of carboxylic acid groups (broad SMARTS) is 1. The van der Waals surface area contributed by atoms with Gasteiger partial charge < -0.3 is 15.3 Å². The smallest absolute Gasteiger partial charge is 0.303 e. The van der Waals surface area contributed by atoms with E-state index in [0.717, 1.165) is 25.1 Å². The molecule has 3 N–H and O–H groups in total. The van der Waals surface area contributed by atoms with Gasteiger partial charge in [0.05, 0.1) is 0 Å². The summed E-state index contributed by atoms with van der Waals surface area (Å²) >= 11 is 0.